The molecule has 0 aromatic carbocycles. The Morgan fingerprint density at radius 1 is 1.50 bits per heavy atom. The summed E-state index contributed by atoms with van der Waals surface area (Å²) >= 11 is 5.23. The van der Waals surface area contributed by atoms with E-state index < -0.39 is 0 Å². The molecule has 0 radical (unpaired) electrons. The zero-order valence-corrected chi connectivity index (χ0v) is 6.43. The van der Waals surface area contributed by atoms with Gasteiger partial charge in [0, 0.05) is 13.1 Å². The van der Waals surface area contributed by atoms with E-state index in [1.54, 1.807) is 5.06 Å². The molecule has 1 heterocycles. The van der Waals surface area contributed by atoms with Gasteiger partial charge in [-0.1, -0.05) is 0 Å². The molecule has 0 saturated carbocycles. The average Bonchev–Trinajstić information content (AvgIpc) is 2.40. The summed E-state index contributed by atoms with van der Waals surface area (Å²) in [6.45, 7) is 1.70. The van der Waals surface area contributed by atoms with Gasteiger partial charge in [0.1, 0.15) is 5.88 Å². The summed E-state index contributed by atoms with van der Waals surface area (Å²) < 4.78 is 0. The minimum absolute atomic E-state index is 0.0590. The van der Waals surface area contributed by atoms with Gasteiger partial charge >= 0.3 is 5.97 Å². The van der Waals surface area contributed by atoms with Gasteiger partial charge in [-0.15, -0.1) is 16.7 Å². The second-order valence-corrected chi connectivity index (χ2v) is 2.50. The lowest BCUT2D eigenvalue weighted by molar-refractivity contribution is -0.181. The molecule has 0 spiro atoms. The van der Waals surface area contributed by atoms with Gasteiger partial charge in [0.2, 0.25) is 0 Å². The predicted octanol–water partition coefficient (Wildman–Crippen LogP) is 0.779. The van der Waals surface area contributed by atoms with Crippen LogP contribution in [-0.4, -0.2) is 30.0 Å². The smallest absolute Gasteiger partial charge is 0.339 e. The fourth-order valence-electron chi connectivity index (χ4n) is 0.948. The monoisotopic (exact) mass is 163 g/mol. The SMILES string of the molecule is O=C(CCl)ON1CCCC1. The molecule has 0 bridgehead atoms. The van der Waals surface area contributed by atoms with Crippen LogP contribution in [0.15, 0.2) is 0 Å². The molecule has 1 fully saturated rings. The topological polar surface area (TPSA) is 29.5 Å². The van der Waals surface area contributed by atoms with Crippen LogP contribution in [0.5, 0.6) is 0 Å². The molecular formula is C6H10ClNO2. The summed E-state index contributed by atoms with van der Waals surface area (Å²) in [7, 11) is 0. The van der Waals surface area contributed by atoms with Crippen molar-refractivity contribution in [2.24, 2.45) is 0 Å². The highest BCUT2D eigenvalue weighted by Crippen LogP contribution is 2.07. The molecule has 1 aliphatic heterocycles. The van der Waals surface area contributed by atoms with Crippen molar-refractivity contribution in [3.05, 3.63) is 0 Å². The maximum Gasteiger partial charge on any atom is 0.339 e. The second-order valence-electron chi connectivity index (χ2n) is 2.23. The zero-order valence-electron chi connectivity index (χ0n) is 5.68. The average molecular weight is 164 g/mol. The summed E-state index contributed by atoms with van der Waals surface area (Å²) in [6, 6.07) is 0. The molecule has 1 saturated heterocycles. The molecule has 0 amide bonds. The Hall–Kier alpha value is -0.280. The summed E-state index contributed by atoms with van der Waals surface area (Å²) in [6.07, 6.45) is 2.21. The van der Waals surface area contributed by atoms with Crippen molar-refractivity contribution in [3.63, 3.8) is 0 Å². The van der Waals surface area contributed by atoms with Crippen molar-refractivity contribution in [3.8, 4) is 0 Å². The van der Waals surface area contributed by atoms with E-state index in [2.05, 4.69) is 0 Å². The Morgan fingerprint density at radius 2 is 2.10 bits per heavy atom. The van der Waals surface area contributed by atoms with Gasteiger partial charge < -0.3 is 4.84 Å². The maximum absolute atomic E-state index is 10.6. The van der Waals surface area contributed by atoms with E-state index in [0.29, 0.717) is 0 Å². The van der Waals surface area contributed by atoms with Crippen LogP contribution in [-0.2, 0) is 9.63 Å². The Bertz CT molecular complexity index is 123. The molecule has 58 valence electrons. The molecule has 0 aromatic rings. The lowest BCUT2D eigenvalue weighted by atomic mass is 10.4. The van der Waals surface area contributed by atoms with Gasteiger partial charge in [-0.3, -0.25) is 0 Å². The molecule has 0 aliphatic carbocycles. The van der Waals surface area contributed by atoms with Gasteiger partial charge in [0.05, 0.1) is 0 Å². The van der Waals surface area contributed by atoms with Crippen LogP contribution >= 0.6 is 11.6 Å². The van der Waals surface area contributed by atoms with Crippen LogP contribution in [0.3, 0.4) is 0 Å². The quantitative estimate of drug-likeness (QED) is 0.564. The largest absolute Gasteiger partial charge is 0.367 e. The summed E-state index contributed by atoms with van der Waals surface area (Å²) in [5, 5.41) is 1.66. The third-order valence-electron chi connectivity index (χ3n) is 1.41. The molecule has 3 nitrogen and oxygen atoms in total. The van der Waals surface area contributed by atoms with Crippen LogP contribution in [0.2, 0.25) is 0 Å². The van der Waals surface area contributed by atoms with E-state index in [1.807, 2.05) is 0 Å². The number of carbonyl (C=O) groups excluding carboxylic acids is 1. The third-order valence-corrected chi connectivity index (χ3v) is 1.62. The van der Waals surface area contributed by atoms with Crippen LogP contribution in [0.25, 0.3) is 0 Å². The van der Waals surface area contributed by atoms with Crippen LogP contribution in [0, 0.1) is 0 Å². The van der Waals surface area contributed by atoms with E-state index in [0.717, 1.165) is 25.9 Å². The molecule has 0 aromatic heterocycles. The first-order valence-electron chi connectivity index (χ1n) is 3.34. The standard InChI is InChI=1S/C6H10ClNO2/c7-5-6(9)10-8-3-1-2-4-8/h1-5H2. The second kappa shape index (κ2) is 3.78. The van der Waals surface area contributed by atoms with Gasteiger partial charge in [0.15, 0.2) is 0 Å². The van der Waals surface area contributed by atoms with Gasteiger partial charge in [-0.25, -0.2) is 4.79 Å². The highest BCUT2D eigenvalue weighted by atomic mass is 35.5. The van der Waals surface area contributed by atoms with E-state index >= 15 is 0 Å². The first-order valence-corrected chi connectivity index (χ1v) is 3.88. The van der Waals surface area contributed by atoms with E-state index in [-0.39, 0.29) is 11.8 Å². The Labute approximate surface area is 64.9 Å². The number of halogens is 1. The predicted molar refractivity (Wildman–Crippen MR) is 37.6 cm³/mol. The number of carbonyl (C=O) groups is 1. The Kier molecular flexibility index (Phi) is 2.96. The summed E-state index contributed by atoms with van der Waals surface area (Å²) in [4.78, 5) is 15.4. The van der Waals surface area contributed by atoms with E-state index in [4.69, 9.17) is 16.4 Å². The van der Waals surface area contributed by atoms with Crippen LogP contribution in [0.1, 0.15) is 12.8 Å². The van der Waals surface area contributed by atoms with Crippen molar-refractivity contribution >= 4 is 17.6 Å². The van der Waals surface area contributed by atoms with Crippen molar-refractivity contribution in [1.29, 1.82) is 0 Å². The number of hydroxylamine groups is 2. The number of nitrogens with zero attached hydrogens (tertiary/aromatic N) is 1. The molecule has 0 N–H and O–H groups in total. The normalized spacial score (nSPS) is 19.3. The first kappa shape index (κ1) is 7.82. The number of alkyl halides is 1. The Balaban J connectivity index is 2.17. The molecule has 0 unspecified atom stereocenters. The Morgan fingerprint density at radius 3 is 2.60 bits per heavy atom. The number of hydrogen-bond acceptors (Lipinski definition) is 3. The van der Waals surface area contributed by atoms with Gasteiger partial charge in [-0.2, -0.15) is 0 Å². The lowest BCUT2D eigenvalue weighted by Gasteiger charge is -2.12. The van der Waals surface area contributed by atoms with E-state index in [1.165, 1.54) is 0 Å². The molecule has 4 heteroatoms. The van der Waals surface area contributed by atoms with Gasteiger partial charge in [0.25, 0.3) is 0 Å². The highest BCUT2D eigenvalue weighted by Gasteiger charge is 2.15. The van der Waals surface area contributed by atoms with Crippen LogP contribution < -0.4 is 0 Å². The lowest BCUT2D eigenvalue weighted by Crippen LogP contribution is -2.24. The van der Waals surface area contributed by atoms with Gasteiger partial charge in [-0.05, 0) is 12.8 Å². The van der Waals surface area contributed by atoms with E-state index in [9.17, 15) is 4.79 Å². The van der Waals surface area contributed by atoms with Crippen molar-refractivity contribution in [2.45, 2.75) is 12.8 Å². The number of rotatable bonds is 2. The minimum Gasteiger partial charge on any atom is -0.367 e. The van der Waals surface area contributed by atoms with Crippen LogP contribution in [0.4, 0.5) is 0 Å². The molecule has 10 heavy (non-hydrogen) atoms. The molecular weight excluding hydrogens is 154 g/mol. The first-order chi connectivity index (χ1) is 4.83. The summed E-state index contributed by atoms with van der Waals surface area (Å²) in [5.74, 6) is -0.417. The molecule has 1 rings (SSSR count). The number of hydrogen-bond donors (Lipinski definition) is 0. The van der Waals surface area contributed by atoms with Crippen molar-refractivity contribution in [1.82, 2.24) is 5.06 Å². The van der Waals surface area contributed by atoms with Crippen molar-refractivity contribution < 1.29 is 9.63 Å². The van der Waals surface area contributed by atoms with Crippen molar-refractivity contribution in [2.75, 3.05) is 19.0 Å². The fraction of sp³-hybridized carbons (Fsp3) is 0.833. The molecule has 0 atom stereocenters. The third kappa shape index (κ3) is 2.15. The highest BCUT2D eigenvalue weighted by molar-refractivity contribution is 6.26. The minimum atomic E-state index is -0.358. The molecule has 1 aliphatic rings. The fourth-order valence-corrected chi connectivity index (χ4v) is 0.997. The summed E-state index contributed by atoms with van der Waals surface area (Å²) in [5.41, 5.74) is 0. The zero-order chi connectivity index (χ0) is 7.40. The maximum atomic E-state index is 10.6.